The Labute approximate surface area is 757 Å². The molecule has 0 saturated heterocycles. The largest absolute Gasteiger partial charge is 0.361 e. The lowest BCUT2D eigenvalue weighted by atomic mass is 9.71. The van der Waals surface area contributed by atoms with E-state index in [0.29, 0.717) is 22.8 Å². The highest BCUT2D eigenvalue weighted by Crippen LogP contribution is 2.42. The zero-order valence-corrected chi connectivity index (χ0v) is 75.3. The summed E-state index contributed by atoms with van der Waals surface area (Å²) in [7, 11) is 0. The monoisotopic (exact) mass is 1640 g/mol. The van der Waals surface area contributed by atoms with Gasteiger partial charge in [-0.2, -0.15) is 0 Å². The van der Waals surface area contributed by atoms with Crippen molar-refractivity contribution in [3.05, 3.63) is 261 Å². The van der Waals surface area contributed by atoms with Crippen molar-refractivity contribution >= 4 is 17.3 Å². The third kappa shape index (κ3) is 29.0. The number of hydrogen-bond acceptors (Lipinski definition) is 4. The van der Waals surface area contributed by atoms with Gasteiger partial charge in [0, 0.05) is 157 Å². The Kier molecular flexibility index (Phi) is 34.8. The van der Waals surface area contributed by atoms with Gasteiger partial charge in [0.05, 0.1) is 28.2 Å². The number of hydrogen-bond donors (Lipinski definition) is 0. The van der Waals surface area contributed by atoms with Crippen LogP contribution in [0.5, 0.6) is 0 Å². The Morgan fingerprint density at radius 3 is 1.22 bits per heavy atom. The number of amides is 1. The smallest absolute Gasteiger partial charge is 0.260 e. The molecule has 0 fully saturated rings. The highest BCUT2D eigenvalue weighted by atomic mass is 16.2. The number of carbonyl (C=O) groups excluding carboxylic acids is 1. The SMILES string of the molecule is C#CC#CC#CC#CC#CC#CC#CC#CC#CC#CC#CC#CC#CC#CC#CC.CC(C)(C)C1C#CCCCCC1.CC(C)(C)C1Cc2ccccc2C#Cc2ccccc21.CC(C)(C)N1C(=O)c2ccccc2C#Cc2ccccc21.CC(C)(C)N1Cc2ccccc2C#Cc2ccccc21.CC(C)(C)n1nnc2c1-c1ccccc1C#Cc1ccccc1-2. The van der Waals surface area contributed by atoms with Crippen molar-refractivity contribution in [1.82, 2.24) is 15.0 Å². The maximum atomic E-state index is 13.1. The van der Waals surface area contributed by atoms with E-state index in [1.165, 1.54) is 59.2 Å². The van der Waals surface area contributed by atoms with Gasteiger partial charge >= 0.3 is 0 Å². The molecule has 127 heavy (non-hydrogen) atoms. The number of aromatic nitrogens is 3. The molecule has 0 spiro atoms. The van der Waals surface area contributed by atoms with Crippen LogP contribution in [-0.2, 0) is 18.5 Å². The molecule has 1 aromatic heterocycles. The highest BCUT2D eigenvalue weighted by molar-refractivity contribution is 6.09. The highest BCUT2D eigenvalue weighted by Gasteiger charge is 2.34. The molecule has 5 aliphatic rings. The fourth-order valence-electron chi connectivity index (χ4n) is 13.6. The molecule has 3 heterocycles. The van der Waals surface area contributed by atoms with Crippen molar-refractivity contribution in [2.45, 2.75) is 178 Å². The third-order valence-corrected chi connectivity index (χ3v) is 19.8. The van der Waals surface area contributed by atoms with Crippen molar-refractivity contribution in [3.8, 4) is 260 Å². The normalized spacial score (nSPS) is 12.5. The molecule has 0 bridgehead atoms. The molecular formula is C121H97N5O. The summed E-state index contributed by atoms with van der Waals surface area (Å²) in [6, 6.07) is 65.7. The second kappa shape index (κ2) is 47.0. The predicted molar refractivity (Wildman–Crippen MR) is 524 cm³/mol. The quantitative estimate of drug-likeness (QED) is 0.142. The minimum absolute atomic E-state index is 0.000417. The van der Waals surface area contributed by atoms with E-state index < -0.39 is 0 Å². The van der Waals surface area contributed by atoms with Gasteiger partial charge < -0.3 is 9.80 Å². The van der Waals surface area contributed by atoms with Gasteiger partial charge in [-0.1, -0.05) is 246 Å². The minimum atomic E-state index is -0.320. The molecule has 6 nitrogen and oxygen atoms in total. The van der Waals surface area contributed by atoms with Gasteiger partial charge in [-0.15, -0.1) is 17.4 Å². The molecule has 0 N–H and O–H groups in total. The Hall–Kier alpha value is -16.6. The first-order chi connectivity index (χ1) is 61.2. The molecule has 0 saturated carbocycles. The number of para-hydroxylation sites is 2. The molecule has 2 aliphatic heterocycles. The zero-order valence-electron chi connectivity index (χ0n) is 75.3. The number of rotatable bonds is 0. The van der Waals surface area contributed by atoms with E-state index in [0.717, 1.165) is 81.0 Å². The van der Waals surface area contributed by atoms with E-state index in [1.807, 2.05) is 109 Å². The molecule has 1 amide bonds. The molecule has 2 atom stereocenters. The number of benzene rings is 8. The van der Waals surface area contributed by atoms with Gasteiger partial charge in [-0.3, -0.25) is 4.79 Å². The van der Waals surface area contributed by atoms with Gasteiger partial charge in [0.25, 0.3) is 5.91 Å². The molecule has 0 radical (unpaired) electrons. The lowest BCUT2D eigenvalue weighted by Crippen LogP contribution is -2.46. The lowest BCUT2D eigenvalue weighted by molar-refractivity contribution is 0.0965. The summed E-state index contributed by atoms with van der Waals surface area (Å²) in [5.41, 5.74) is 19.3. The van der Waals surface area contributed by atoms with E-state index in [9.17, 15) is 4.79 Å². The lowest BCUT2D eigenvalue weighted by Gasteiger charge is -2.39. The number of fused-ring (bicyclic) bond motifs is 11. The van der Waals surface area contributed by atoms with Crippen molar-refractivity contribution in [2.24, 2.45) is 16.7 Å². The van der Waals surface area contributed by atoms with Crippen LogP contribution in [0.25, 0.3) is 22.5 Å². The first-order valence-electron chi connectivity index (χ1n) is 41.9. The summed E-state index contributed by atoms with van der Waals surface area (Å²) in [4.78, 5) is 17.3. The summed E-state index contributed by atoms with van der Waals surface area (Å²) in [6.45, 7) is 35.8. The van der Waals surface area contributed by atoms with Crippen LogP contribution in [0.15, 0.2) is 194 Å². The maximum absolute atomic E-state index is 13.1. The molecule has 9 aromatic rings. The van der Waals surface area contributed by atoms with Crippen molar-refractivity contribution in [1.29, 1.82) is 0 Å². The average Bonchev–Trinajstić information content (AvgIpc) is 1.72. The van der Waals surface area contributed by atoms with Crippen LogP contribution in [0.4, 0.5) is 11.4 Å². The fourth-order valence-corrected chi connectivity index (χ4v) is 13.6. The fraction of sp³-hybridized carbons (Fsp3) is 0.248. The van der Waals surface area contributed by atoms with Crippen LogP contribution >= 0.6 is 0 Å². The Balaban J connectivity index is 0.000000175. The first kappa shape index (κ1) is 94.2. The standard InChI is InChI=1S/C31H4.C20H17N3.C20H20.C19H17NO.C19H19N.C12H20/c1-3-5-7-9-11-13-15-17-19-21-23-25-27-29-31-30-28-26-24-22-20-18-16-14-12-10-8-6-4-2;1-20(2,3)23-19-17-11-7-5-9-15(17)13-12-14-8-4-6-10-16(14)18(19)21-22-23;1-20(2,3)19-14-17-10-5-4-8-15(17)12-13-16-9-6-7-11-18(16)19;1-19(2,3)20-17-11-7-5-9-15(17)13-12-14-8-4-6-10-16(14)18(20)21;1-19(2,3)20-14-17-10-5-4-8-15(17)12-13-16-9-6-7-11-18(16)20;1-12(2,3)11-9-7-5-4-6-8-10-11/h1H,2H3;4-11H,1-3H3;4-11,19H,14H2,1-3H3;4-11H,1-3H3;4-11H,14H2,1-3H3;11H,4-7,9H2,1-3H3. The first-order valence-corrected chi connectivity index (χ1v) is 41.9. The van der Waals surface area contributed by atoms with Crippen molar-refractivity contribution < 1.29 is 4.79 Å². The van der Waals surface area contributed by atoms with Crippen LogP contribution in [0.1, 0.15) is 220 Å². The molecule has 6 heteroatoms. The second-order valence-electron chi connectivity index (χ2n) is 34.2. The molecule has 612 valence electrons. The van der Waals surface area contributed by atoms with Crippen LogP contribution in [0.3, 0.4) is 0 Å². The molecule has 3 aliphatic carbocycles. The van der Waals surface area contributed by atoms with Gasteiger partial charge in [-0.05, 0) is 283 Å². The van der Waals surface area contributed by atoms with E-state index in [1.54, 1.807) is 6.92 Å². The summed E-state index contributed by atoms with van der Waals surface area (Å²) in [5, 5.41) is 8.97. The van der Waals surface area contributed by atoms with Crippen LogP contribution in [0, 0.1) is 254 Å². The van der Waals surface area contributed by atoms with Gasteiger partial charge in [0.15, 0.2) is 0 Å². The summed E-state index contributed by atoms with van der Waals surface area (Å²) in [6.07, 6.45) is 12.5. The number of anilines is 2. The molecule has 8 aromatic carbocycles. The maximum Gasteiger partial charge on any atom is 0.260 e. The molecular weight excluding hydrogens is 1540 g/mol. The van der Waals surface area contributed by atoms with Crippen LogP contribution in [-0.4, -0.2) is 32.0 Å². The van der Waals surface area contributed by atoms with E-state index in [2.05, 4.69) is 444 Å². The number of terminal acetylenes is 1. The topological polar surface area (TPSA) is 54.3 Å². The van der Waals surface area contributed by atoms with Gasteiger partial charge in [-0.25, -0.2) is 4.68 Å². The van der Waals surface area contributed by atoms with Gasteiger partial charge in [0.2, 0.25) is 0 Å². The van der Waals surface area contributed by atoms with Crippen molar-refractivity contribution in [3.63, 3.8) is 0 Å². The Morgan fingerprint density at radius 2 is 0.740 bits per heavy atom. The summed E-state index contributed by atoms with van der Waals surface area (Å²) >= 11 is 0. The number of nitrogens with zero attached hydrogens (tertiary/aromatic N) is 5. The number of carbonyl (C=O) groups is 1. The van der Waals surface area contributed by atoms with E-state index in [-0.39, 0.29) is 27.9 Å². The predicted octanol–water partition coefficient (Wildman–Crippen LogP) is 21.2. The summed E-state index contributed by atoms with van der Waals surface area (Å²) in [5.74, 6) is 106. The average molecular weight is 1640 g/mol. The second-order valence-corrected chi connectivity index (χ2v) is 34.2. The van der Waals surface area contributed by atoms with Crippen molar-refractivity contribution in [2.75, 3.05) is 9.80 Å². The Morgan fingerprint density at radius 1 is 0.362 bits per heavy atom. The molecule has 2 unspecified atom stereocenters. The van der Waals surface area contributed by atoms with Crippen LogP contribution in [0.2, 0.25) is 0 Å². The van der Waals surface area contributed by atoms with E-state index >= 15 is 0 Å². The third-order valence-electron chi connectivity index (χ3n) is 19.8. The molecule has 14 rings (SSSR count). The van der Waals surface area contributed by atoms with Gasteiger partial charge in [0.1, 0.15) is 5.69 Å². The summed E-state index contributed by atoms with van der Waals surface area (Å²) < 4.78 is 2.00. The Bertz CT molecular complexity index is 6920. The zero-order chi connectivity index (χ0) is 90.9. The van der Waals surface area contributed by atoms with E-state index in [4.69, 9.17) is 6.42 Å². The van der Waals surface area contributed by atoms with Crippen LogP contribution < -0.4 is 9.80 Å². The minimum Gasteiger partial charge on any atom is -0.361 e.